The lowest BCUT2D eigenvalue weighted by Crippen LogP contribution is -1.84. The molecule has 0 amide bonds. The van der Waals surface area contributed by atoms with E-state index in [1.165, 1.54) is 6.16 Å². The first-order valence-corrected chi connectivity index (χ1v) is 5.68. The molecule has 0 aromatic rings. The minimum Gasteiger partial charge on any atom is -0.134 e. The van der Waals surface area contributed by atoms with Crippen molar-refractivity contribution in [1.82, 2.24) is 0 Å². The van der Waals surface area contributed by atoms with Gasteiger partial charge in [-0.3, -0.25) is 0 Å². The van der Waals surface area contributed by atoms with Gasteiger partial charge in [0, 0.05) is 0 Å². The Labute approximate surface area is 41.3 Å². The van der Waals surface area contributed by atoms with Crippen LogP contribution in [0.2, 0.25) is 0 Å². The summed E-state index contributed by atoms with van der Waals surface area (Å²) in [5, 5.41) is 0. The lowest BCUT2D eigenvalue weighted by Gasteiger charge is -2.16. The third kappa shape index (κ3) is 4.43. The molecule has 0 aliphatic carbocycles. The summed E-state index contributed by atoms with van der Waals surface area (Å²) >= 11 is 0. The Hall–Kier alpha value is 0.430. The Morgan fingerprint density at radius 1 is 1.17 bits per heavy atom. The molecule has 1 radical (unpaired) electrons. The van der Waals surface area contributed by atoms with Crippen LogP contribution in [0, 0.1) is 0 Å². The van der Waals surface area contributed by atoms with Crippen molar-refractivity contribution in [3.8, 4) is 0 Å². The van der Waals surface area contributed by atoms with Gasteiger partial charge in [-0.25, -0.2) is 0 Å². The molecule has 0 bridgehead atoms. The summed E-state index contributed by atoms with van der Waals surface area (Å²) in [4.78, 5) is 0. The second-order valence-electron chi connectivity index (χ2n) is 2.61. The summed E-state index contributed by atoms with van der Waals surface area (Å²) in [6.07, 6.45) is 1.38. The molecule has 0 saturated carbocycles. The zero-order valence-corrected chi connectivity index (χ0v) is 6.05. The number of hydrogen-bond acceptors (Lipinski definition) is 0. The Morgan fingerprint density at radius 2 is 1.33 bits per heavy atom. The SMILES string of the molecule is CC[P](C)(C)C. The summed E-state index contributed by atoms with van der Waals surface area (Å²) in [5.74, 6) is 0. The minimum absolute atomic E-state index is 0.397. The lowest BCUT2D eigenvalue weighted by atomic mass is 11.0. The Kier molecular flexibility index (Phi) is 2.07. The molecule has 0 atom stereocenters. The zero-order valence-electron chi connectivity index (χ0n) is 5.15. The first-order valence-electron chi connectivity index (χ1n) is 2.36. The summed E-state index contributed by atoms with van der Waals surface area (Å²) in [5.41, 5.74) is 0. The molecule has 1 heteroatoms. The van der Waals surface area contributed by atoms with E-state index in [1.54, 1.807) is 0 Å². The smallest absolute Gasteiger partial charge is 0.0395 e. The monoisotopic (exact) mass is 105 g/mol. The van der Waals surface area contributed by atoms with Crippen molar-refractivity contribution >= 4 is 7.26 Å². The minimum atomic E-state index is -0.397. The predicted octanol–water partition coefficient (Wildman–Crippen LogP) is 1.91. The van der Waals surface area contributed by atoms with Gasteiger partial charge in [0.25, 0.3) is 0 Å². The van der Waals surface area contributed by atoms with Crippen molar-refractivity contribution in [3.05, 3.63) is 0 Å². The predicted molar refractivity (Wildman–Crippen MR) is 35.2 cm³/mol. The molecule has 6 heavy (non-hydrogen) atoms. The van der Waals surface area contributed by atoms with Gasteiger partial charge in [-0.2, -0.15) is 0 Å². The van der Waals surface area contributed by atoms with Crippen LogP contribution in [0.15, 0.2) is 0 Å². The molecular weight excluding hydrogens is 91.0 g/mol. The molecule has 0 aromatic heterocycles. The first kappa shape index (κ1) is 6.43. The van der Waals surface area contributed by atoms with Crippen molar-refractivity contribution in [1.29, 1.82) is 0 Å². The van der Waals surface area contributed by atoms with Gasteiger partial charge in [-0.1, -0.05) is 6.92 Å². The van der Waals surface area contributed by atoms with E-state index < -0.39 is 7.26 Å². The van der Waals surface area contributed by atoms with Crippen molar-refractivity contribution in [2.75, 3.05) is 26.2 Å². The van der Waals surface area contributed by atoms with Gasteiger partial charge in [-0.05, 0) is 26.2 Å². The van der Waals surface area contributed by atoms with E-state index in [2.05, 4.69) is 26.9 Å². The standard InChI is InChI=1S/C5H14P/c1-5-6(2,3)4/h5H2,1-4H3. The van der Waals surface area contributed by atoms with Crippen LogP contribution in [0.25, 0.3) is 0 Å². The van der Waals surface area contributed by atoms with Crippen molar-refractivity contribution in [2.24, 2.45) is 0 Å². The molecule has 0 saturated heterocycles. The molecule has 0 fully saturated rings. The largest absolute Gasteiger partial charge is 0.134 e. The van der Waals surface area contributed by atoms with Gasteiger partial charge < -0.3 is 0 Å². The van der Waals surface area contributed by atoms with E-state index in [-0.39, 0.29) is 0 Å². The van der Waals surface area contributed by atoms with E-state index >= 15 is 0 Å². The van der Waals surface area contributed by atoms with Crippen molar-refractivity contribution in [2.45, 2.75) is 6.92 Å². The average molecular weight is 105 g/mol. The molecule has 0 nitrogen and oxygen atoms in total. The summed E-state index contributed by atoms with van der Waals surface area (Å²) in [6.45, 7) is 9.32. The number of hydrogen-bond donors (Lipinski definition) is 0. The van der Waals surface area contributed by atoms with Crippen molar-refractivity contribution < 1.29 is 0 Å². The van der Waals surface area contributed by atoms with Gasteiger partial charge in [0.2, 0.25) is 0 Å². The highest BCUT2D eigenvalue weighted by atomic mass is 31.2. The summed E-state index contributed by atoms with van der Waals surface area (Å²) < 4.78 is 0. The van der Waals surface area contributed by atoms with Crippen LogP contribution in [0.5, 0.6) is 0 Å². The average Bonchev–Trinajstić information content (AvgIpc) is 1.35. The molecule has 0 aromatic carbocycles. The molecule has 0 N–H and O–H groups in total. The third-order valence-corrected chi connectivity index (χ3v) is 2.85. The Bertz CT molecular complexity index is 33.7. The maximum absolute atomic E-state index is 2.35. The highest BCUT2D eigenvalue weighted by Gasteiger charge is 1.99. The molecule has 39 valence electrons. The molecule has 0 aliphatic heterocycles. The molecule has 0 aliphatic rings. The van der Waals surface area contributed by atoms with E-state index in [9.17, 15) is 0 Å². The van der Waals surface area contributed by atoms with Crippen LogP contribution in [-0.2, 0) is 0 Å². The van der Waals surface area contributed by atoms with Crippen molar-refractivity contribution in [3.63, 3.8) is 0 Å². The van der Waals surface area contributed by atoms with Gasteiger partial charge in [0.1, 0.15) is 0 Å². The number of rotatable bonds is 1. The maximum Gasteiger partial charge on any atom is -0.0395 e. The van der Waals surface area contributed by atoms with E-state index in [4.69, 9.17) is 0 Å². The molecule has 0 rings (SSSR count). The molecule has 0 spiro atoms. The van der Waals surface area contributed by atoms with Crippen LogP contribution < -0.4 is 0 Å². The highest BCUT2D eigenvalue weighted by molar-refractivity contribution is 7.73. The van der Waals surface area contributed by atoms with Gasteiger partial charge in [0.15, 0.2) is 0 Å². The second-order valence-corrected chi connectivity index (χ2v) is 7.82. The van der Waals surface area contributed by atoms with Gasteiger partial charge >= 0.3 is 0 Å². The van der Waals surface area contributed by atoms with Gasteiger partial charge in [-0.15, -0.1) is 7.26 Å². The van der Waals surface area contributed by atoms with Crippen LogP contribution in [0.3, 0.4) is 0 Å². The van der Waals surface area contributed by atoms with E-state index in [0.717, 1.165) is 0 Å². The highest BCUT2D eigenvalue weighted by Crippen LogP contribution is 2.45. The van der Waals surface area contributed by atoms with Crippen LogP contribution in [-0.4, -0.2) is 26.2 Å². The van der Waals surface area contributed by atoms with Crippen LogP contribution in [0.4, 0.5) is 0 Å². The second kappa shape index (κ2) is 1.93. The Morgan fingerprint density at radius 3 is 1.33 bits per heavy atom. The van der Waals surface area contributed by atoms with Crippen LogP contribution in [0.1, 0.15) is 6.92 Å². The van der Waals surface area contributed by atoms with Crippen LogP contribution >= 0.6 is 7.26 Å². The quantitative estimate of drug-likeness (QED) is 0.447. The third-order valence-electron chi connectivity index (χ3n) is 0.949. The van der Waals surface area contributed by atoms with Gasteiger partial charge in [0.05, 0.1) is 0 Å². The molecule has 0 unspecified atom stereocenters. The van der Waals surface area contributed by atoms with E-state index in [1.807, 2.05) is 0 Å². The zero-order chi connectivity index (χ0) is 5.21. The fourth-order valence-electron chi connectivity index (χ4n) is 0. The fraction of sp³-hybridized carbons (Fsp3) is 1.00. The van der Waals surface area contributed by atoms with E-state index in [0.29, 0.717) is 0 Å². The Balaban J connectivity index is 3.17. The lowest BCUT2D eigenvalue weighted by molar-refractivity contribution is 1.47. The fourth-order valence-corrected chi connectivity index (χ4v) is 0. The summed E-state index contributed by atoms with van der Waals surface area (Å²) in [7, 11) is -0.397. The topological polar surface area (TPSA) is 0 Å². The first-order chi connectivity index (χ1) is 2.56. The summed E-state index contributed by atoms with van der Waals surface area (Å²) in [6, 6.07) is 0. The maximum atomic E-state index is 2.35. The molecule has 0 heterocycles. The normalized spacial score (nSPS) is 12.0. The molecular formula is C5H14P.